The zero-order valence-corrected chi connectivity index (χ0v) is 15.2. The van der Waals surface area contributed by atoms with Crippen LogP contribution >= 0.6 is 0 Å². The van der Waals surface area contributed by atoms with Crippen LogP contribution in [0.25, 0.3) is 0 Å². The molecule has 0 radical (unpaired) electrons. The van der Waals surface area contributed by atoms with Gasteiger partial charge in [0, 0.05) is 25.2 Å². The van der Waals surface area contributed by atoms with Gasteiger partial charge in [0.2, 0.25) is 0 Å². The Morgan fingerprint density at radius 1 is 1.15 bits per heavy atom. The number of rotatable bonds is 5. The molecule has 1 aromatic heterocycles. The minimum Gasteiger partial charge on any atom is -0.369 e. The Hall–Kier alpha value is -2.63. The number of benzene rings is 1. The van der Waals surface area contributed by atoms with E-state index in [1.807, 2.05) is 18.0 Å². The Bertz CT molecular complexity index is 775. The van der Waals surface area contributed by atoms with Gasteiger partial charge in [-0.05, 0) is 31.2 Å². The summed E-state index contributed by atoms with van der Waals surface area (Å²) in [6, 6.07) is 10.9. The summed E-state index contributed by atoms with van der Waals surface area (Å²) in [5, 5.41) is 3.47. The number of carbonyl (C=O) groups excluding carboxylic acids is 1. The number of fused-ring (bicyclic) bond motifs is 1. The van der Waals surface area contributed by atoms with Gasteiger partial charge in [0.15, 0.2) is 0 Å². The van der Waals surface area contributed by atoms with E-state index in [4.69, 9.17) is 0 Å². The molecule has 6 heteroatoms. The summed E-state index contributed by atoms with van der Waals surface area (Å²) in [6.45, 7) is 1.94. The molecule has 0 saturated heterocycles. The first-order chi connectivity index (χ1) is 12.7. The van der Waals surface area contributed by atoms with Gasteiger partial charge in [-0.2, -0.15) is 0 Å². The van der Waals surface area contributed by atoms with Gasteiger partial charge in [-0.15, -0.1) is 0 Å². The second-order valence-electron chi connectivity index (χ2n) is 7.16. The van der Waals surface area contributed by atoms with Gasteiger partial charge in [-0.3, -0.25) is 0 Å². The Kier molecular flexibility index (Phi) is 4.73. The van der Waals surface area contributed by atoms with Crippen LogP contribution in [0, 0.1) is 0 Å². The van der Waals surface area contributed by atoms with Crippen LogP contribution in [0.5, 0.6) is 0 Å². The first-order valence-corrected chi connectivity index (χ1v) is 9.34. The van der Waals surface area contributed by atoms with Crippen LogP contribution in [0.2, 0.25) is 0 Å². The highest BCUT2D eigenvalue weighted by molar-refractivity contribution is 5.76. The third kappa shape index (κ3) is 3.36. The minimum absolute atomic E-state index is 0.0999. The van der Waals surface area contributed by atoms with E-state index in [1.54, 1.807) is 11.2 Å². The Morgan fingerprint density at radius 3 is 2.69 bits per heavy atom. The quantitative estimate of drug-likeness (QED) is 0.899. The third-order valence-electron chi connectivity index (χ3n) is 5.39. The van der Waals surface area contributed by atoms with E-state index >= 15 is 0 Å². The maximum atomic E-state index is 12.7. The number of anilines is 1. The van der Waals surface area contributed by atoms with E-state index in [0.29, 0.717) is 19.1 Å². The molecule has 26 heavy (non-hydrogen) atoms. The Morgan fingerprint density at radius 2 is 1.96 bits per heavy atom. The lowest BCUT2D eigenvalue weighted by atomic mass is 9.91. The molecule has 1 aromatic carbocycles. The van der Waals surface area contributed by atoms with Crippen LogP contribution in [0.15, 0.2) is 36.7 Å². The van der Waals surface area contributed by atoms with Crippen molar-refractivity contribution in [3.8, 4) is 0 Å². The second-order valence-corrected chi connectivity index (χ2v) is 7.16. The molecular weight excluding hydrogens is 326 g/mol. The van der Waals surface area contributed by atoms with E-state index in [9.17, 15) is 4.79 Å². The predicted molar refractivity (Wildman–Crippen MR) is 101 cm³/mol. The lowest BCUT2D eigenvalue weighted by molar-refractivity contribution is 0.111. The zero-order valence-electron chi connectivity index (χ0n) is 15.2. The van der Waals surface area contributed by atoms with Crippen molar-refractivity contribution >= 4 is 11.8 Å². The molecule has 1 fully saturated rings. The van der Waals surface area contributed by atoms with Gasteiger partial charge in [0.25, 0.3) is 0 Å². The van der Waals surface area contributed by atoms with Gasteiger partial charge >= 0.3 is 6.03 Å². The molecule has 0 spiro atoms. The summed E-state index contributed by atoms with van der Waals surface area (Å²) in [7, 11) is 1.85. The maximum Gasteiger partial charge on any atom is 0.320 e. The van der Waals surface area contributed by atoms with Gasteiger partial charge in [-0.25, -0.2) is 14.8 Å². The molecule has 6 nitrogen and oxygen atoms in total. The SMILES string of the molecule is CN1Cc2ncnc(NCCc3ccccc3)c2CN(C2CCC2)C1=O. The lowest BCUT2D eigenvalue weighted by Gasteiger charge is -2.38. The van der Waals surface area contributed by atoms with Crippen LogP contribution in [0.3, 0.4) is 0 Å². The molecule has 1 saturated carbocycles. The molecule has 2 aliphatic rings. The zero-order chi connectivity index (χ0) is 17.9. The van der Waals surface area contributed by atoms with Crippen LogP contribution < -0.4 is 5.32 Å². The number of nitrogens with zero attached hydrogens (tertiary/aromatic N) is 4. The Balaban J connectivity index is 1.52. The van der Waals surface area contributed by atoms with E-state index in [-0.39, 0.29) is 6.03 Å². The van der Waals surface area contributed by atoms with Crippen LogP contribution in [-0.4, -0.2) is 45.4 Å². The molecule has 2 heterocycles. The van der Waals surface area contributed by atoms with Crippen molar-refractivity contribution in [2.75, 3.05) is 18.9 Å². The fourth-order valence-corrected chi connectivity index (χ4v) is 3.61. The molecule has 0 bridgehead atoms. The van der Waals surface area contributed by atoms with Crippen LogP contribution in [-0.2, 0) is 19.5 Å². The molecule has 4 rings (SSSR count). The summed E-state index contributed by atoms with van der Waals surface area (Å²) in [5.74, 6) is 0.860. The largest absolute Gasteiger partial charge is 0.369 e. The van der Waals surface area contributed by atoms with Gasteiger partial charge in [0.1, 0.15) is 12.1 Å². The smallest absolute Gasteiger partial charge is 0.320 e. The number of hydrogen-bond donors (Lipinski definition) is 1. The highest BCUT2D eigenvalue weighted by Gasteiger charge is 2.34. The third-order valence-corrected chi connectivity index (χ3v) is 5.39. The van der Waals surface area contributed by atoms with Gasteiger partial charge in [0.05, 0.1) is 18.8 Å². The predicted octanol–water partition coefficient (Wildman–Crippen LogP) is 3.05. The van der Waals surface area contributed by atoms with E-state index in [1.165, 1.54) is 12.0 Å². The van der Waals surface area contributed by atoms with Crippen molar-refractivity contribution in [3.05, 3.63) is 53.5 Å². The first-order valence-electron chi connectivity index (χ1n) is 9.34. The lowest BCUT2D eigenvalue weighted by Crippen LogP contribution is -2.47. The minimum atomic E-state index is 0.0999. The summed E-state index contributed by atoms with van der Waals surface area (Å²) in [6.07, 6.45) is 5.93. The molecule has 2 amide bonds. The number of aromatic nitrogens is 2. The monoisotopic (exact) mass is 351 g/mol. The van der Waals surface area contributed by atoms with Gasteiger partial charge in [-0.1, -0.05) is 30.3 Å². The topological polar surface area (TPSA) is 61.4 Å². The summed E-state index contributed by atoms with van der Waals surface area (Å²) < 4.78 is 0. The highest BCUT2D eigenvalue weighted by Crippen LogP contribution is 2.31. The average Bonchev–Trinajstić information content (AvgIpc) is 2.73. The van der Waals surface area contributed by atoms with Crippen molar-refractivity contribution < 1.29 is 4.79 Å². The van der Waals surface area contributed by atoms with Crippen LogP contribution in [0.1, 0.15) is 36.1 Å². The molecule has 2 aromatic rings. The number of hydrogen-bond acceptors (Lipinski definition) is 4. The molecule has 1 aliphatic carbocycles. The molecule has 0 atom stereocenters. The highest BCUT2D eigenvalue weighted by atomic mass is 16.2. The standard InChI is InChI=1S/C20H25N5O/c1-24-13-18-17(12-25(20(24)26)16-8-5-9-16)19(23-14-22-18)21-11-10-15-6-3-2-4-7-15/h2-4,6-7,14,16H,5,8-13H2,1H3,(H,21,22,23). The molecule has 1 aliphatic heterocycles. The van der Waals surface area contributed by atoms with Crippen molar-refractivity contribution in [2.45, 2.75) is 44.8 Å². The molecule has 136 valence electrons. The van der Waals surface area contributed by atoms with E-state index in [2.05, 4.69) is 39.6 Å². The maximum absolute atomic E-state index is 12.7. The van der Waals surface area contributed by atoms with Crippen molar-refractivity contribution in [3.63, 3.8) is 0 Å². The summed E-state index contributed by atoms with van der Waals surface area (Å²) >= 11 is 0. The summed E-state index contributed by atoms with van der Waals surface area (Å²) in [4.78, 5) is 25.4. The fourth-order valence-electron chi connectivity index (χ4n) is 3.61. The van der Waals surface area contributed by atoms with Gasteiger partial charge < -0.3 is 15.1 Å². The number of urea groups is 1. The van der Waals surface area contributed by atoms with Crippen molar-refractivity contribution in [1.29, 1.82) is 0 Å². The average molecular weight is 351 g/mol. The number of carbonyl (C=O) groups is 1. The van der Waals surface area contributed by atoms with E-state index < -0.39 is 0 Å². The second kappa shape index (κ2) is 7.32. The fraction of sp³-hybridized carbons (Fsp3) is 0.450. The normalized spacial score (nSPS) is 17.5. The summed E-state index contributed by atoms with van der Waals surface area (Å²) in [5.41, 5.74) is 3.30. The van der Waals surface area contributed by atoms with Crippen LogP contribution in [0.4, 0.5) is 10.6 Å². The van der Waals surface area contributed by atoms with E-state index in [0.717, 1.165) is 42.9 Å². The molecule has 1 N–H and O–H groups in total. The Labute approximate surface area is 154 Å². The number of nitrogens with one attached hydrogen (secondary N) is 1. The first kappa shape index (κ1) is 16.8. The van der Waals surface area contributed by atoms with Crippen molar-refractivity contribution in [2.24, 2.45) is 0 Å². The molecule has 0 unspecified atom stereocenters. The van der Waals surface area contributed by atoms with Crippen molar-refractivity contribution in [1.82, 2.24) is 19.8 Å². The number of amides is 2. The molecular formula is C20H25N5O.